The van der Waals surface area contributed by atoms with Crippen LogP contribution in [-0.4, -0.2) is 18.9 Å². The monoisotopic (exact) mass is 141 g/mol. The van der Waals surface area contributed by atoms with Crippen LogP contribution >= 0.6 is 0 Å². The molecule has 0 aromatic heterocycles. The number of nitrogens with one attached hydrogen (secondary N) is 1. The Morgan fingerprint density at radius 2 is 2.70 bits per heavy atom. The van der Waals surface area contributed by atoms with E-state index in [1.807, 2.05) is 0 Å². The predicted octanol–water partition coefficient (Wildman–Crippen LogP) is -0.394. The first-order chi connectivity index (χ1) is 4.85. The molecule has 0 aliphatic carbocycles. The van der Waals surface area contributed by atoms with Gasteiger partial charge in [-0.15, -0.1) is 0 Å². The van der Waals surface area contributed by atoms with Gasteiger partial charge in [0, 0.05) is 0 Å². The van der Waals surface area contributed by atoms with Crippen molar-refractivity contribution in [2.75, 3.05) is 6.61 Å². The molecule has 0 saturated carbocycles. The Labute approximate surface area is 58.3 Å². The second-order valence-corrected chi connectivity index (χ2v) is 1.23. The molecule has 0 fully saturated rings. The summed E-state index contributed by atoms with van der Waals surface area (Å²) in [7, 11) is 0. The van der Waals surface area contributed by atoms with Crippen molar-refractivity contribution in [3.05, 3.63) is 0 Å². The largest absolute Gasteiger partial charge is 0.394 e. The van der Waals surface area contributed by atoms with E-state index in [2.05, 4.69) is 15.3 Å². The summed E-state index contributed by atoms with van der Waals surface area (Å²) in [6, 6.07) is 1.62. The summed E-state index contributed by atoms with van der Waals surface area (Å²) < 4.78 is 0. The Morgan fingerprint density at radius 1 is 2.00 bits per heavy atom. The molecule has 5 heteroatoms. The lowest BCUT2D eigenvalue weighted by Gasteiger charge is -1.92. The highest BCUT2D eigenvalue weighted by Crippen LogP contribution is 1.74. The Morgan fingerprint density at radius 3 is 3.10 bits per heavy atom. The van der Waals surface area contributed by atoms with Gasteiger partial charge in [0.15, 0.2) is 0 Å². The molecule has 10 heavy (non-hydrogen) atoms. The van der Waals surface area contributed by atoms with Crippen LogP contribution in [0.1, 0.15) is 6.92 Å². The number of rotatable bonds is 3. The van der Waals surface area contributed by atoms with Gasteiger partial charge in [-0.05, 0) is 6.92 Å². The number of carbonyl (C=O) groups is 1. The summed E-state index contributed by atoms with van der Waals surface area (Å²) in [6.07, 6.45) is 0.362. The molecule has 0 saturated heterocycles. The minimum absolute atomic E-state index is 0.142. The van der Waals surface area contributed by atoms with Gasteiger partial charge in [-0.1, -0.05) is 5.16 Å². The lowest BCUT2D eigenvalue weighted by Crippen LogP contribution is -2.19. The minimum atomic E-state index is -0.142. The van der Waals surface area contributed by atoms with Gasteiger partial charge in [-0.2, -0.15) is 5.26 Å². The molecule has 0 radical (unpaired) electrons. The molecule has 54 valence electrons. The first kappa shape index (κ1) is 8.43. The third kappa shape index (κ3) is 3.43. The third-order valence-corrected chi connectivity index (χ3v) is 0.586. The summed E-state index contributed by atoms with van der Waals surface area (Å²) in [5.74, 6) is -0.142. The zero-order valence-electron chi connectivity index (χ0n) is 5.50. The van der Waals surface area contributed by atoms with Gasteiger partial charge >= 0.3 is 0 Å². The Kier molecular flexibility index (Phi) is 4.69. The highest BCUT2D eigenvalue weighted by Gasteiger charge is 1.91. The van der Waals surface area contributed by atoms with E-state index in [4.69, 9.17) is 5.26 Å². The number of amides is 1. The molecule has 0 unspecified atom stereocenters. The smallest absolute Gasteiger partial charge is 0.250 e. The molecule has 0 spiro atoms. The van der Waals surface area contributed by atoms with Crippen LogP contribution in [-0.2, 0) is 9.63 Å². The van der Waals surface area contributed by atoms with Crippen molar-refractivity contribution in [2.45, 2.75) is 6.92 Å². The van der Waals surface area contributed by atoms with Gasteiger partial charge in [0.1, 0.15) is 12.7 Å². The summed E-state index contributed by atoms with van der Waals surface area (Å²) >= 11 is 0. The fraction of sp³-hybridized carbons (Fsp3) is 0.400. The van der Waals surface area contributed by atoms with Gasteiger partial charge < -0.3 is 10.2 Å². The molecular formula is C5H7N3O2. The number of oxime groups is 1. The first-order valence-electron chi connectivity index (χ1n) is 2.65. The molecule has 0 rings (SSSR count). The molecule has 0 aliphatic heterocycles. The highest BCUT2D eigenvalue weighted by atomic mass is 16.6. The van der Waals surface area contributed by atoms with E-state index >= 15 is 0 Å². The van der Waals surface area contributed by atoms with E-state index < -0.39 is 0 Å². The summed E-state index contributed by atoms with van der Waals surface area (Å²) in [4.78, 5) is 14.2. The van der Waals surface area contributed by atoms with Crippen molar-refractivity contribution >= 4 is 12.2 Å². The first-order valence-corrected chi connectivity index (χ1v) is 2.65. The second kappa shape index (κ2) is 5.56. The van der Waals surface area contributed by atoms with Crippen molar-refractivity contribution in [2.24, 2.45) is 5.16 Å². The van der Waals surface area contributed by atoms with Crippen LogP contribution < -0.4 is 5.32 Å². The molecule has 0 bridgehead atoms. The van der Waals surface area contributed by atoms with E-state index in [1.165, 1.54) is 0 Å². The Balaban J connectivity index is 3.81. The zero-order chi connectivity index (χ0) is 7.82. The summed E-state index contributed by atoms with van der Waals surface area (Å²) in [5.41, 5.74) is 0. The molecule has 0 atom stereocenters. The van der Waals surface area contributed by atoms with E-state index in [1.54, 1.807) is 13.0 Å². The minimum Gasteiger partial charge on any atom is -0.394 e. The topological polar surface area (TPSA) is 74.5 Å². The highest BCUT2D eigenvalue weighted by molar-refractivity contribution is 6.01. The number of nitrogens with zero attached hydrogens (tertiary/aromatic N) is 2. The predicted molar refractivity (Wildman–Crippen MR) is 33.9 cm³/mol. The molecule has 1 amide bonds. The van der Waals surface area contributed by atoms with Crippen LogP contribution in [0.3, 0.4) is 0 Å². The van der Waals surface area contributed by atoms with E-state index in [0.717, 1.165) is 0 Å². The number of hydrogen-bond donors (Lipinski definition) is 1. The lowest BCUT2D eigenvalue weighted by atomic mass is 10.7. The molecule has 0 aliphatic rings. The third-order valence-electron chi connectivity index (χ3n) is 0.586. The zero-order valence-corrected chi connectivity index (χ0v) is 5.50. The van der Waals surface area contributed by atoms with E-state index in [9.17, 15) is 4.79 Å². The lowest BCUT2D eigenvalue weighted by molar-refractivity contribution is -0.108. The van der Waals surface area contributed by atoms with Gasteiger partial charge in [0.05, 0.1) is 0 Å². The van der Waals surface area contributed by atoms with Crippen molar-refractivity contribution in [3.63, 3.8) is 0 Å². The Bertz CT molecular complexity index is 170. The van der Waals surface area contributed by atoms with Crippen molar-refractivity contribution < 1.29 is 9.63 Å². The molecule has 1 N–H and O–H groups in total. The fourth-order valence-electron chi connectivity index (χ4n) is 0.264. The molecule has 0 aromatic carbocycles. The van der Waals surface area contributed by atoms with E-state index in [-0.39, 0.29) is 5.84 Å². The second-order valence-electron chi connectivity index (χ2n) is 1.23. The van der Waals surface area contributed by atoms with Crippen LogP contribution in [0.2, 0.25) is 0 Å². The summed E-state index contributed by atoms with van der Waals surface area (Å²) in [6.45, 7) is 2.09. The number of carbonyl (C=O) groups excluding carboxylic acids is 1. The van der Waals surface area contributed by atoms with Crippen molar-refractivity contribution in [3.8, 4) is 6.07 Å². The SMILES string of the molecule is CCO/N=C(/C#N)NC=O. The van der Waals surface area contributed by atoms with Gasteiger partial charge in [-0.3, -0.25) is 4.79 Å². The maximum atomic E-state index is 9.74. The van der Waals surface area contributed by atoms with E-state index in [0.29, 0.717) is 13.0 Å². The van der Waals surface area contributed by atoms with Gasteiger partial charge in [-0.25, -0.2) is 0 Å². The van der Waals surface area contributed by atoms with Gasteiger partial charge in [0.2, 0.25) is 12.2 Å². The van der Waals surface area contributed by atoms with Crippen LogP contribution in [0, 0.1) is 11.3 Å². The average molecular weight is 141 g/mol. The quantitative estimate of drug-likeness (QED) is 0.251. The molecule has 5 nitrogen and oxygen atoms in total. The molecular weight excluding hydrogens is 134 g/mol. The van der Waals surface area contributed by atoms with Crippen molar-refractivity contribution in [1.29, 1.82) is 5.26 Å². The van der Waals surface area contributed by atoms with Crippen LogP contribution in [0.4, 0.5) is 0 Å². The van der Waals surface area contributed by atoms with Crippen LogP contribution in [0.5, 0.6) is 0 Å². The fourth-order valence-corrected chi connectivity index (χ4v) is 0.264. The number of hydrogen-bond acceptors (Lipinski definition) is 4. The molecule has 0 aromatic rings. The average Bonchev–Trinajstić information content (AvgIpc) is 1.98. The van der Waals surface area contributed by atoms with Crippen LogP contribution in [0.25, 0.3) is 0 Å². The Hall–Kier alpha value is -1.57. The maximum Gasteiger partial charge on any atom is 0.250 e. The van der Waals surface area contributed by atoms with Crippen LogP contribution in [0.15, 0.2) is 5.16 Å². The maximum absolute atomic E-state index is 9.74. The number of nitriles is 1. The standard InChI is InChI=1S/C5H7N3O2/c1-2-10-8-5(3-6)7-4-9/h4H,2H2,1H3,(H,7,8,9). The molecule has 0 heterocycles. The number of amidine groups is 1. The normalized spacial score (nSPS) is 9.80. The van der Waals surface area contributed by atoms with Gasteiger partial charge in [0.25, 0.3) is 0 Å². The summed E-state index contributed by atoms with van der Waals surface area (Å²) in [5, 5.41) is 13.5. The van der Waals surface area contributed by atoms with Crippen molar-refractivity contribution in [1.82, 2.24) is 5.32 Å².